The van der Waals surface area contributed by atoms with Crippen molar-refractivity contribution in [2.75, 3.05) is 18.9 Å². The van der Waals surface area contributed by atoms with Gasteiger partial charge in [-0.25, -0.2) is 14.8 Å². The van der Waals surface area contributed by atoms with Gasteiger partial charge in [0.2, 0.25) is 5.91 Å². The minimum absolute atomic E-state index is 0.127. The lowest BCUT2D eigenvalue weighted by Crippen LogP contribution is -2.47. The summed E-state index contributed by atoms with van der Waals surface area (Å²) < 4.78 is 5.33. The fourth-order valence-electron chi connectivity index (χ4n) is 3.77. The summed E-state index contributed by atoms with van der Waals surface area (Å²) in [4.78, 5) is 47.4. The Bertz CT molecular complexity index is 1160. The number of anilines is 2. The van der Waals surface area contributed by atoms with E-state index in [0.29, 0.717) is 31.1 Å². The molecule has 4 N–H and O–H groups in total. The van der Waals surface area contributed by atoms with Crippen molar-refractivity contribution >= 4 is 29.4 Å². The number of nitrogens with zero attached hydrogens (tertiary/aromatic N) is 3. The maximum atomic E-state index is 12.6. The summed E-state index contributed by atoms with van der Waals surface area (Å²) in [7, 11) is 1.54. The number of amides is 3. The van der Waals surface area contributed by atoms with Gasteiger partial charge in [0.15, 0.2) is 11.5 Å². The Labute approximate surface area is 218 Å². The molecule has 0 unspecified atom stereocenters. The van der Waals surface area contributed by atoms with Crippen molar-refractivity contribution in [2.45, 2.75) is 77.9 Å². The molecule has 200 valence electrons. The summed E-state index contributed by atoms with van der Waals surface area (Å²) >= 11 is 0. The van der Waals surface area contributed by atoms with E-state index < -0.39 is 23.6 Å². The molecule has 3 amide bonds. The highest BCUT2D eigenvalue weighted by Gasteiger charge is 2.30. The van der Waals surface area contributed by atoms with Crippen LogP contribution in [0.1, 0.15) is 80.8 Å². The second-order valence-corrected chi connectivity index (χ2v) is 10.4. The highest BCUT2D eigenvalue weighted by Crippen LogP contribution is 2.41. The zero-order valence-corrected chi connectivity index (χ0v) is 22.6. The lowest BCUT2D eigenvalue weighted by molar-refractivity contribution is -0.125. The van der Waals surface area contributed by atoms with Crippen molar-refractivity contribution in [1.29, 1.82) is 0 Å². The smallest absolute Gasteiger partial charge is 0.410 e. The van der Waals surface area contributed by atoms with E-state index in [4.69, 9.17) is 15.5 Å². The average molecular weight is 511 g/mol. The maximum absolute atomic E-state index is 12.6. The van der Waals surface area contributed by atoms with Gasteiger partial charge in [0.25, 0.3) is 5.91 Å². The largest absolute Gasteiger partial charge is 0.444 e. The number of nitrogens with one attached hydrogen (secondary N) is 2. The molecule has 10 nitrogen and oxygen atoms in total. The first-order valence-electron chi connectivity index (χ1n) is 12.7. The normalized spacial score (nSPS) is 14.0. The van der Waals surface area contributed by atoms with Crippen LogP contribution in [0.2, 0.25) is 0 Å². The average Bonchev–Trinajstić information content (AvgIpc) is 3.67. The predicted octanol–water partition coefficient (Wildman–Crippen LogP) is 3.67. The van der Waals surface area contributed by atoms with E-state index in [2.05, 4.69) is 15.6 Å². The predicted molar refractivity (Wildman–Crippen MR) is 142 cm³/mol. The summed E-state index contributed by atoms with van der Waals surface area (Å²) in [6, 6.07) is 6.96. The number of hydrogen-bond donors (Lipinski definition) is 3. The SMILES string of the molecule is CCc1nc(C(N)=O)c(Nc2cccc(CCNC(=O)[C@@H](C)N(C)C(=O)OC(C)(C)C)c2)nc1C1CC1. The van der Waals surface area contributed by atoms with Crippen LogP contribution in [0.4, 0.5) is 16.3 Å². The number of nitrogens with two attached hydrogens (primary N) is 1. The lowest BCUT2D eigenvalue weighted by Gasteiger charge is -2.28. The zero-order chi connectivity index (χ0) is 27.3. The van der Waals surface area contributed by atoms with Crippen molar-refractivity contribution in [3.8, 4) is 0 Å². The number of primary amides is 1. The van der Waals surface area contributed by atoms with E-state index >= 15 is 0 Å². The summed E-state index contributed by atoms with van der Waals surface area (Å²) in [5, 5.41) is 6.08. The van der Waals surface area contributed by atoms with Crippen molar-refractivity contribution in [3.63, 3.8) is 0 Å². The number of carbonyl (C=O) groups is 3. The molecule has 1 atom stereocenters. The van der Waals surface area contributed by atoms with Gasteiger partial charge in [-0.3, -0.25) is 14.5 Å². The third-order valence-electron chi connectivity index (χ3n) is 6.08. The second-order valence-electron chi connectivity index (χ2n) is 10.4. The molecule has 1 aliphatic carbocycles. The minimum atomic E-state index is -0.680. The van der Waals surface area contributed by atoms with E-state index in [1.165, 1.54) is 4.90 Å². The molecule has 1 aromatic heterocycles. The topological polar surface area (TPSA) is 140 Å². The van der Waals surface area contributed by atoms with E-state index in [9.17, 15) is 14.4 Å². The van der Waals surface area contributed by atoms with Crippen molar-refractivity contribution in [3.05, 3.63) is 46.9 Å². The van der Waals surface area contributed by atoms with Crippen LogP contribution < -0.4 is 16.4 Å². The van der Waals surface area contributed by atoms with Gasteiger partial charge in [0.1, 0.15) is 11.6 Å². The van der Waals surface area contributed by atoms with E-state index in [1.54, 1.807) is 34.7 Å². The fraction of sp³-hybridized carbons (Fsp3) is 0.519. The van der Waals surface area contributed by atoms with Crippen LogP contribution in [0.5, 0.6) is 0 Å². The Hall–Kier alpha value is -3.69. The standard InChI is InChI=1S/C27H38N6O4/c1-7-20-21(18-11-12-18)32-24(22(31-20)23(28)34)30-19-10-8-9-17(15-19)13-14-29-25(35)16(2)33(6)26(36)37-27(3,4)5/h8-10,15-16,18H,7,11-14H2,1-6H3,(H2,28,34)(H,29,35)(H,30,32)/t16-/m1/s1. The van der Waals surface area contributed by atoms with Gasteiger partial charge in [-0.05, 0) is 71.1 Å². The number of rotatable bonds is 10. The molecule has 1 heterocycles. The molecule has 3 rings (SSSR count). The quantitative estimate of drug-likeness (QED) is 0.443. The van der Waals surface area contributed by atoms with Gasteiger partial charge in [0.05, 0.1) is 11.4 Å². The molecule has 1 aromatic carbocycles. The van der Waals surface area contributed by atoms with E-state index in [-0.39, 0.29) is 11.6 Å². The second kappa shape index (κ2) is 11.6. The summed E-state index contributed by atoms with van der Waals surface area (Å²) in [5.74, 6) is -0.156. The van der Waals surface area contributed by atoms with Crippen LogP contribution >= 0.6 is 0 Å². The molecule has 1 fully saturated rings. The van der Waals surface area contributed by atoms with Crippen LogP contribution in [-0.2, 0) is 22.4 Å². The van der Waals surface area contributed by atoms with Crippen LogP contribution in [0.25, 0.3) is 0 Å². The highest BCUT2D eigenvalue weighted by molar-refractivity contribution is 5.96. The highest BCUT2D eigenvalue weighted by atomic mass is 16.6. The van der Waals surface area contributed by atoms with Crippen LogP contribution in [0, 0.1) is 0 Å². The molecule has 0 radical (unpaired) electrons. The molecular formula is C27H38N6O4. The molecule has 0 saturated heterocycles. The van der Waals surface area contributed by atoms with E-state index in [0.717, 1.165) is 35.5 Å². The Kier molecular flexibility index (Phi) is 8.73. The molecule has 37 heavy (non-hydrogen) atoms. The monoisotopic (exact) mass is 510 g/mol. The van der Waals surface area contributed by atoms with Crippen LogP contribution in [-0.4, -0.2) is 58.0 Å². The van der Waals surface area contributed by atoms with Gasteiger partial charge in [-0.1, -0.05) is 19.1 Å². The summed E-state index contributed by atoms with van der Waals surface area (Å²) in [6.45, 7) is 9.37. The number of carbonyl (C=O) groups excluding carboxylic acids is 3. The number of ether oxygens (including phenoxy) is 1. The molecule has 10 heteroatoms. The molecule has 0 bridgehead atoms. The van der Waals surface area contributed by atoms with Gasteiger partial charge >= 0.3 is 6.09 Å². The zero-order valence-electron chi connectivity index (χ0n) is 22.6. The number of hydrogen-bond acceptors (Lipinski definition) is 7. The van der Waals surface area contributed by atoms with Gasteiger partial charge in [-0.2, -0.15) is 0 Å². The van der Waals surface area contributed by atoms with Gasteiger partial charge in [-0.15, -0.1) is 0 Å². The first-order chi connectivity index (χ1) is 17.4. The van der Waals surface area contributed by atoms with Crippen molar-refractivity contribution in [2.24, 2.45) is 5.73 Å². The molecule has 2 aromatic rings. The Balaban J connectivity index is 1.62. The van der Waals surface area contributed by atoms with Crippen LogP contribution in [0.3, 0.4) is 0 Å². The molecule has 0 aliphatic heterocycles. The number of likely N-dealkylation sites (N-methyl/N-ethyl adjacent to an activating group) is 1. The lowest BCUT2D eigenvalue weighted by atomic mass is 10.1. The third kappa shape index (κ3) is 7.65. The third-order valence-corrected chi connectivity index (χ3v) is 6.08. The first kappa shape index (κ1) is 27.9. The minimum Gasteiger partial charge on any atom is -0.444 e. The molecule has 1 aliphatic rings. The molecule has 1 saturated carbocycles. The van der Waals surface area contributed by atoms with Crippen LogP contribution in [0.15, 0.2) is 24.3 Å². The van der Waals surface area contributed by atoms with E-state index in [1.807, 2.05) is 31.2 Å². The Morgan fingerprint density at radius 1 is 1.22 bits per heavy atom. The van der Waals surface area contributed by atoms with Crippen molar-refractivity contribution in [1.82, 2.24) is 20.2 Å². The molecular weight excluding hydrogens is 472 g/mol. The molecule has 0 spiro atoms. The number of benzene rings is 1. The Morgan fingerprint density at radius 3 is 2.51 bits per heavy atom. The number of aryl methyl sites for hydroxylation is 1. The first-order valence-corrected chi connectivity index (χ1v) is 12.7. The summed E-state index contributed by atoms with van der Waals surface area (Å²) in [6.07, 6.45) is 2.85. The van der Waals surface area contributed by atoms with Gasteiger partial charge < -0.3 is 21.1 Å². The maximum Gasteiger partial charge on any atom is 0.410 e. The van der Waals surface area contributed by atoms with Crippen molar-refractivity contribution < 1.29 is 19.1 Å². The number of aromatic nitrogens is 2. The summed E-state index contributed by atoms with van der Waals surface area (Å²) in [5.41, 5.74) is 8.55. The Morgan fingerprint density at radius 2 is 1.92 bits per heavy atom. The van der Waals surface area contributed by atoms with Gasteiger partial charge in [0, 0.05) is 25.2 Å². The fourth-order valence-corrected chi connectivity index (χ4v) is 3.77.